The lowest BCUT2D eigenvalue weighted by molar-refractivity contribution is 0.214. The normalized spacial score (nSPS) is 14.3. The molecule has 4 N–H and O–H groups in total. The third kappa shape index (κ3) is 3.99. The van der Waals surface area contributed by atoms with E-state index in [4.69, 9.17) is 10.5 Å². The molecule has 1 atom stereocenters. The molecular formula is C11H21N5O2. The van der Waals surface area contributed by atoms with Gasteiger partial charge in [-0.25, -0.2) is 0 Å². The van der Waals surface area contributed by atoms with Gasteiger partial charge >= 0.3 is 6.01 Å². The largest absolute Gasteiger partial charge is 0.461 e. The highest BCUT2D eigenvalue weighted by Crippen LogP contribution is 2.17. The summed E-state index contributed by atoms with van der Waals surface area (Å²) in [5, 5.41) is 12.4. The number of nitrogen functional groups attached to an aromatic ring is 1. The Morgan fingerprint density at radius 1 is 1.39 bits per heavy atom. The first kappa shape index (κ1) is 14.4. The zero-order valence-electron chi connectivity index (χ0n) is 11.3. The second-order valence-electron chi connectivity index (χ2n) is 4.66. The fourth-order valence-corrected chi connectivity index (χ4v) is 1.20. The molecule has 0 radical (unpaired) electrons. The van der Waals surface area contributed by atoms with Gasteiger partial charge in [0.1, 0.15) is 0 Å². The number of aromatic nitrogens is 3. The van der Waals surface area contributed by atoms with E-state index in [1.165, 1.54) is 0 Å². The third-order valence-corrected chi connectivity index (χ3v) is 2.52. The number of anilines is 2. The van der Waals surface area contributed by atoms with Crippen LogP contribution in [0, 0.1) is 0 Å². The number of rotatable bonds is 6. The smallest absolute Gasteiger partial charge is 0.323 e. The maximum atomic E-state index is 9.33. The van der Waals surface area contributed by atoms with Gasteiger partial charge in [-0.05, 0) is 27.2 Å². The van der Waals surface area contributed by atoms with Crippen molar-refractivity contribution in [1.29, 1.82) is 0 Å². The molecule has 0 amide bonds. The van der Waals surface area contributed by atoms with Crippen LogP contribution in [0.3, 0.4) is 0 Å². The molecule has 0 aromatic carbocycles. The number of nitrogens with one attached hydrogen (secondary N) is 1. The van der Waals surface area contributed by atoms with Crippen molar-refractivity contribution >= 4 is 11.9 Å². The topological polar surface area (TPSA) is 106 Å². The summed E-state index contributed by atoms with van der Waals surface area (Å²) < 4.78 is 5.37. The van der Waals surface area contributed by atoms with E-state index in [1.54, 1.807) is 0 Å². The van der Waals surface area contributed by atoms with Gasteiger partial charge in [0.05, 0.1) is 18.2 Å². The van der Waals surface area contributed by atoms with E-state index in [-0.39, 0.29) is 24.7 Å². The average Bonchev–Trinajstić information content (AvgIpc) is 2.27. The van der Waals surface area contributed by atoms with Crippen molar-refractivity contribution in [3.8, 4) is 6.01 Å². The van der Waals surface area contributed by atoms with Crippen LogP contribution in [0.15, 0.2) is 0 Å². The monoisotopic (exact) mass is 255 g/mol. The molecule has 0 aliphatic heterocycles. The molecule has 0 bridgehead atoms. The molecule has 102 valence electrons. The summed E-state index contributed by atoms with van der Waals surface area (Å²) in [6, 6.07) is 0.177. The molecule has 1 heterocycles. The highest BCUT2D eigenvalue weighted by atomic mass is 16.5. The highest BCUT2D eigenvalue weighted by molar-refractivity contribution is 5.35. The Morgan fingerprint density at radius 3 is 2.56 bits per heavy atom. The summed E-state index contributed by atoms with van der Waals surface area (Å²) in [5.41, 5.74) is 5.10. The molecule has 18 heavy (non-hydrogen) atoms. The van der Waals surface area contributed by atoms with Gasteiger partial charge in [-0.1, -0.05) is 6.92 Å². The van der Waals surface area contributed by atoms with Crippen LogP contribution in [-0.4, -0.2) is 38.3 Å². The van der Waals surface area contributed by atoms with Crippen molar-refractivity contribution in [3.63, 3.8) is 0 Å². The quantitative estimate of drug-likeness (QED) is 0.690. The van der Waals surface area contributed by atoms with Crippen LogP contribution in [-0.2, 0) is 0 Å². The zero-order valence-corrected chi connectivity index (χ0v) is 11.3. The molecule has 0 spiro atoms. The molecular weight excluding hydrogens is 234 g/mol. The van der Waals surface area contributed by atoms with Crippen LogP contribution in [0.25, 0.3) is 0 Å². The molecule has 0 fully saturated rings. The number of hydrogen-bond donors (Lipinski definition) is 3. The van der Waals surface area contributed by atoms with Crippen LogP contribution in [0.2, 0.25) is 0 Å². The fourth-order valence-electron chi connectivity index (χ4n) is 1.20. The highest BCUT2D eigenvalue weighted by Gasteiger charge is 2.22. The number of nitrogens with zero attached hydrogens (tertiary/aromatic N) is 3. The maximum absolute atomic E-state index is 9.33. The Morgan fingerprint density at radius 2 is 2.06 bits per heavy atom. The predicted octanol–water partition coefficient (Wildman–Crippen LogP) is 0.814. The van der Waals surface area contributed by atoms with E-state index in [0.717, 1.165) is 6.42 Å². The van der Waals surface area contributed by atoms with Crippen LogP contribution in [0.1, 0.15) is 34.1 Å². The first-order chi connectivity index (χ1) is 8.38. The van der Waals surface area contributed by atoms with Gasteiger partial charge in [0.2, 0.25) is 11.9 Å². The zero-order chi connectivity index (χ0) is 13.8. The molecule has 1 unspecified atom stereocenters. The second-order valence-corrected chi connectivity index (χ2v) is 4.66. The average molecular weight is 255 g/mol. The molecule has 0 saturated carbocycles. The van der Waals surface area contributed by atoms with E-state index >= 15 is 0 Å². The number of ether oxygens (including phenoxy) is 1. The van der Waals surface area contributed by atoms with Crippen molar-refractivity contribution in [2.24, 2.45) is 0 Å². The van der Waals surface area contributed by atoms with Crippen molar-refractivity contribution in [3.05, 3.63) is 0 Å². The van der Waals surface area contributed by atoms with Crippen LogP contribution in [0.5, 0.6) is 6.01 Å². The maximum Gasteiger partial charge on any atom is 0.323 e. The van der Waals surface area contributed by atoms with Crippen molar-refractivity contribution in [2.45, 2.75) is 45.8 Å². The Hall–Kier alpha value is -1.63. The molecule has 1 rings (SSSR count). The van der Waals surface area contributed by atoms with E-state index in [0.29, 0.717) is 5.95 Å². The third-order valence-electron chi connectivity index (χ3n) is 2.52. The van der Waals surface area contributed by atoms with Gasteiger partial charge in [0, 0.05) is 0 Å². The van der Waals surface area contributed by atoms with Gasteiger partial charge in [-0.2, -0.15) is 15.0 Å². The lowest BCUT2D eigenvalue weighted by Gasteiger charge is -2.27. The summed E-state index contributed by atoms with van der Waals surface area (Å²) in [4.78, 5) is 12.0. The molecule has 0 aliphatic carbocycles. The minimum absolute atomic E-state index is 0.0323. The Balaban J connectivity index is 2.92. The molecule has 0 saturated heterocycles. The van der Waals surface area contributed by atoms with Gasteiger partial charge in [-0.15, -0.1) is 0 Å². The first-order valence-corrected chi connectivity index (χ1v) is 5.96. The fraction of sp³-hybridized carbons (Fsp3) is 0.727. The second kappa shape index (κ2) is 5.81. The number of aliphatic hydroxyl groups is 1. The summed E-state index contributed by atoms with van der Waals surface area (Å²) in [7, 11) is 0. The Labute approximate surface area is 107 Å². The summed E-state index contributed by atoms with van der Waals surface area (Å²) >= 11 is 0. The first-order valence-electron chi connectivity index (χ1n) is 5.96. The van der Waals surface area contributed by atoms with Gasteiger partial charge in [0.25, 0.3) is 0 Å². The lowest BCUT2D eigenvalue weighted by atomic mass is 10.0. The van der Waals surface area contributed by atoms with Crippen molar-refractivity contribution < 1.29 is 9.84 Å². The Kier molecular flexibility index (Phi) is 4.66. The molecule has 7 nitrogen and oxygen atoms in total. The summed E-state index contributed by atoms with van der Waals surface area (Å²) in [6.07, 6.45) is 0.671. The molecule has 7 heteroatoms. The number of nitrogens with two attached hydrogens (primary N) is 1. The van der Waals surface area contributed by atoms with Gasteiger partial charge < -0.3 is 20.9 Å². The van der Waals surface area contributed by atoms with E-state index in [2.05, 4.69) is 20.3 Å². The van der Waals surface area contributed by atoms with Crippen LogP contribution < -0.4 is 15.8 Å². The van der Waals surface area contributed by atoms with Crippen molar-refractivity contribution in [1.82, 2.24) is 15.0 Å². The molecule has 0 aliphatic rings. The number of hydrogen-bond acceptors (Lipinski definition) is 7. The summed E-state index contributed by atoms with van der Waals surface area (Å²) in [6.45, 7) is 7.54. The van der Waals surface area contributed by atoms with Gasteiger partial charge in [0.15, 0.2) is 0 Å². The number of aliphatic hydroxyl groups excluding tert-OH is 1. The SMILES string of the molecule is CCC(C)(CO)Nc1nc(N)nc(OC(C)C)n1. The molecule has 1 aromatic rings. The van der Waals surface area contributed by atoms with E-state index in [1.807, 2.05) is 27.7 Å². The predicted molar refractivity (Wildman–Crippen MR) is 69.4 cm³/mol. The van der Waals surface area contributed by atoms with Crippen molar-refractivity contribution in [2.75, 3.05) is 17.7 Å². The minimum atomic E-state index is -0.497. The standard InChI is InChI=1S/C11H21N5O2/c1-5-11(4,6-17)16-9-13-8(12)14-10(15-9)18-7(2)3/h7,17H,5-6H2,1-4H3,(H3,12,13,14,15,16). The van der Waals surface area contributed by atoms with Crippen LogP contribution in [0.4, 0.5) is 11.9 Å². The molecule has 1 aromatic heterocycles. The van der Waals surface area contributed by atoms with Crippen LogP contribution >= 0.6 is 0 Å². The summed E-state index contributed by atoms with van der Waals surface area (Å²) in [5.74, 6) is 0.385. The van der Waals surface area contributed by atoms with Gasteiger partial charge in [-0.3, -0.25) is 0 Å². The Bertz CT molecular complexity index is 393. The van der Waals surface area contributed by atoms with E-state index in [9.17, 15) is 5.11 Å². The van der Waals surface area contributed by atoms with E-state index < -0.39 is 5.54 Å². The lowest BCUT2D eigenvalue weighted by Crippen LogP contribution is -2.38. The minimum Gasteiger partial charge on any atom is -0.461 e.